The number of aryl methyl sites for hydroxylation is 2. The molecule has 0 aliphatic carbocycles. The molecule has 1 atom stereocenters. The van der Waals surface area contributed by atoms with Crippen LogP contribution in [0.25, 0.3) is 0 Å². The molecular weight excluding hydrogens is 190 g/mol. The Kier molecular flexibility index (Phi) is 2.45. The standard InChI is InChI=1S/C10H15N5/c1-8(10-4-5-11-15(10)3)13-9-6-12-14(2)7-9/h4-8,13H,1-3H3. The molecule has 0 saturated carbocycles. The predicted octanol–water partition coefficient (Wildman–Crippen LogP) is 1.33. The average Bonchev–Trinajstić information content (AvgIpc) is 2.75. The Bertz CT molecular complexity index is 442. The van der Waals surface area contributed by atoms with Gasteiger partial charge in [0.25, 0.3) is 0 Å². The summed E-state index contributed by atoms with van der Waals surface area (Å²) in [7, 11) is 3.84. The van der Waals surface area contributed by atoms with Crippen molar-refractivity contribution >= 4 is 5.69 Å². The van der Waals surface area contributed by atoms with E-state index in [-0.39, 0.29) is 6.04 Å². The van der Waals surface area contributed by atoms with Gasteiger partial charge in [0, 0.05) is 26.5 Å². The molecule has 2 aromatic heterocycles. The second-order valence-corrected chi connectivity index (χ2v) is 3.65. The Hall–Kier alpha value is -1.78. The molecule has 0 aliphatic rings. The number of nitrogens with zero attached hydrogens (tertiary/aromatic N) is 4. The van der Waals surface area contributed by atoms with Crippen LogP contribution >= 0.6 is 0 Å². The van der Waals surface area contributed by atoms with Crippen molar-refractivity contribution in [1.29, 1.82) is 0 Å². The Morgan fingerprint density at radius 1 is 1.33 bits per heavy atom. The molecule has 0 bridgehead atoms. The summed E-state index contributed by atoms with van der Waals surface area (Å²) in [6, 6.07) is 2.23. The van der Waals surface area contributed by atoms with Crippen LogP contribution in [0, 0.1) is 0 Å². The average molecular weight is 205 g/mol. The lowest BCUT2D eigenvalue weighted by atomic mass is 10.2. The van der Waals surface area contributed by atoms with Crippen molar-refractivity contribution in [2.45, 2.75) is 13.0 Å². The summed E-state index contributed by atoms with van der Waals surface area (Å²) < 4.78 is 3.65. The largest absolute Gasteiger partial charge is 0.374 e. The maximum absolute atomic E-state index is 4.14. The number of rotatable bonds is 3. The zero-order valence-electron chi connectivity index (χ0n) is 9.18. The highest BCUT2D eigenvalue weighted by Crippen LogP contribution is 2.17. The highest BCUT2D eigenvalue weighted by atomic mass is 15.3. The van der Waals surface area contributed by atoms with E-state index in [1.165, 1.54) is 0 Å². The fourth-order valence-electron chi connectivity index (χ4n) is 1.63. The molecule has 0 aliphatic heterocycles. The molecule has 0 aromatic carbocycles. The highest BCUT2D eigenvalue weighted by molar-refractivity contribution is 5.40. The van der Waals surface area contributed by atoms with Crippen molar-refractivity contribution < 1.29 is 0 Å². The third kappa shape index (κ3) is 2.01. The van der Waals surface area contributed by atoms with E-state index in [0.29, 0.717) is 0 Å². The van der Waals surface area contributed by atoms with Crippen LogP contribution in [-0.4, -0.2) is 19.6 Å². The topological polar surface area (TPSA) is 47.7 Å². The Labute approximate surface area is 88.7 Å². The van der Waals surface area contributed by atoms with Crippen LogP contribution in [0.5, 0.6) is 0 Å². The minimum absolute atomic E-state index is 0.224. The van der Waals surface area contributed by atoms with E-state index in [9.17, 15) is 0 Å². The number of aromatic nitrogens is 4. The molecule has 2 aromatic rings. The first kappa shape index (κ1) is 9.76. The normalized spacial score (nSPS) is 12.7. The first-order valence-corrected chi connectivity index (χ1v) is 4.90. The summed E-state index contributed by atoms with van der Waals surface area (Å²) in [5.41, 5.74) is 2.17. The summed E-state index contributed by atoms with van der Waals surface area (Å²) in [4.78, 5) is 0. The molecule has 0 saturated heterocycles. The van der Waals surface area contributed by atoms with Crippen LogP contribution in [0.2, 0.25) is 0 Å². The first-order valence-electron chi connectivity index (χ1n) is 4.90. The molecule has 0 spiro atoms. The van der Waals surface area contributed by atoms with Gasteiger partial charge in [0.1, 0.15) is 0 Å². The van der Waals surface area contributed by atoms with E-state index < -0.39 is 0 Å². The van der Waals surface area contributed by atoms with Gasteiger partial charge >= 0.3 is 0 Å². The van der Waals surface area contributed by atoms with E-state index >= 15 is 0 Å². The molecule has 5 heteroatoms. The zero-order chi connectivity index (χ0) is 10.8. The number of hydrogen-bond acceptors (Lipinski definition) is 3. The van der Waals surface area contributed by atoms with Gasteiger partial charge in [0.05, 0.1) is 23.6 Å². The van der Waals surface area contributed by atoms with Gasteiger partial charge in [-0.15, -0.1) is 0 Å². The summed E-state index contributed by atoms with van der Waals surface area (Å²) in [6.45, 7) is 2.10. The molecule has 2 heterocycles. The Morgan fingerprint density at radius 3 is 2.67 bits per heavy atom. The Balaban J connectivity index is 2.10. The monoisotopic (exact) mass is 205 g/mol. The molecular formula is C10H15N5. The molecule has 0 fully saturated rings. The van der Waals surface area contributed by atoms with E-state index in [2.05, 4.69) is 22.4 Å². The molecule has 80 valence electrons. The van der Waals surface area contributed by atoms with Crippen molar-refractivity contribution in [2.75, 3.05) is 5.32 Å². The number of hydrogen-bond donors (Lipinski definition) is 1. The van der Waals surface area contributed by atoms with Crippen molar-refractivity contribution in [3.05, 3.63) is 30.4 Å². The molecule has 0 radical (unpaired) electrons. The molecule has 1 N–H and O–H groups in total. The van der Waals surface area contributed by atoms with Crippen LogP contribution in [0.4, 0.5) is 5.69 Å². The minimum Gasteiger partial charge on any atom is -0.374 e. The van der Waals surface area contributed by atoms with E-state index in [0.717, 1.165) is 11.4 Å². The summed E-state index contributed by atoms with van der Waals surface area (Å²) in [6.07, 6.45) is 5.57. The van der Waals surface area contributed by atoms with Crippen molar-refractivity contribution in [3.8, 4) is 0 Å². The maximum Gasteiger partial charge on any atom is 0.0731 e. The second-order valence-electron chi connectivity index (χ2n) is 3.65. The van der Waals surface area contributed by atoms with E-state index in [1.807, 2.05) is 37.2 Å². The summed E-state index contributed by atoms with van der Waals surface area (Å²) in [5, 5.41) is 11.6. The molecule has 15 heavy (non-hydrogen) atoms. The third-order valence-corrected chi connectivity index (χ3v) is 2.39. The quantitative estimate of drug-likeness (QED) is 0.822. The minimum atomic E-state index is 0.224. The lowest BCUT2D eigenvalue weighted by molar-refractivity contribution is 0.675. The van der Waals surface area contributed by atoms with Gasteiger partial charge in [-0.2, -0.15) is 10.2 Å². The molecule has 1 unspecified atom stereocenters. The first-order chi connectivity index (χ1) is 7.16. The van der Waals surface area contributed by atoms with Crippen LogP contribution in [0.1, 0.15) is 18.7 Å². The van der Waals surface area contributed by atoms with Gasteiger partial charge in [0.15, 0.2) is 0 Å². The molecule has 5 nitrogen and oxygen atoms in total. The maximum atomic E-state index is 4.14. The van der Waals surface area contributed by atoms with Crippen LogP contribution in [-0.2, 0) is 14.1 Å². The third-order valence-electron chi connectivity index (χ3n) is 2.39. The second kappa shape index (κ2) is 3.76. The van der Waals surface area contributed by atoms with E-state index in [4.69, 9.17) is 0 Å². The predicted molar refractivity (Wildman–Crippen MR) is 58.5 cm³/mol. The fourth-order valence-corrected chi connectivity index (χ4v) is 1.63. The fraction of sp³-hybridized carbons (Fsp3) is 0.400. The lowest BCUT2D eigenvalue weighted by Crippen LogP contribution is -2.10. The van der Waals surface area contributed by atoms with Crippen LogP contribution in [0.15, 0.2) is 24.7 Å². The SMILES string of the molecule is CC(Nc1cnn(C)c1)c1ccnn1C. The van der Waals surface area contributed by atoms with Gasteiger partial charge < -0.3 is 5.32 Å². The van der Waals surface area contributed by atoms with Crippen LogP contribution < -0.4 is 5.32 Å². The summed E-state index contributed by atoms with van der Waals surface area (Å²) >= 11 is 0. The van der Waals surface area contributed by atoms with Crippen LogP contribution in [0.3, 0.4) is 0 Å². The van der Waals surface area contributed by atoms with Crippen molar-refractivity contribution in [2.24, 2.45) is 14.1 Å². The van der Waals surface area contributed by atoms with Gasteiger partial charge in [0.2, 0.25) is 0 Å². The Morgan fingerprint density at radius 2 is 2.13 bits per heavy atom. The molecule has 2 rings (SSSR count). The summed E-state index contributed by atoms with van der Waals surface area (Å²) in [5.74, 6) is 0. The lowest BCUT2D eigenvalue weighted by Gasteiger charge is -2.13. The van der Waals surface area contributed by atoms with Crippen molar-refractivity contribution in [1.82, 2.24) is 19.6 Å². The highest BCUT2D eigenvalue weighted by Gasteiger charge is 2.09. The van der Waals surface area contributed by atoms with Gasteiger partial charge in [-0.05, 0) is 13.0 Å². The van der Waals surface area contributed by atoms with E-state index in [1.54, 1.807) is 10.9 Å². The zero-order valence-corrected chi connectivity index (χ0v) is 9.18. The van der Waals surface area contributed by atoms with Gasteiger partial charge in [-0.1, -0.05) is 0 Å². The van der Waals surface area contributed by atoms with Gasteiger partial charge in [-0.3, -0.25) is 9.36 Å². The number of anilines is 1. The smallest absolute Gasteiger partial charge is 0.0731 e. The molecule has 0 amide bonds. The van der Waals surface area contributed by atoms with Crippen molar-refractivity contribution in [3.63, 3.8) is 0 Å². The van der Waals surface area contributed by atoms with Gasteiger partial charge in [-0.25, -0.2) is 0 Å². The number of nitrogens with one attached hydrogen (secondary N) is 1.